The summed E-state index contributed by atoms with van der Waals surface area (Å²) in [5.74, 6) is 0. The van der Waals surface area contributed by atoms with Crippen molar-refractivity contribution in [2.75, 3.05) is 0 Å². The monoisotopic (exact) mass is 217 g/mol. The van der Waals surface area contributed by atoms with Crippen LogP contribution >= 0.6 is 0 Å². The lowest BCUT2D eigenvalue weighted by Gasteiger charge is -2.39. The molecule has 2 nitrogen and oxygen atoms in total. The van der Waals surface area contributed by atoms with Crippen LogP contribution in [-0.2, 0) is 10.8 Å². The standard InChI is InChI=1S/C11H23NOS/c1-8(2)14(13)10-7-11(3,4)6-5-9(10)12/h8-10H,5-7,12H2,1-4H3. The van der Waals surface area contributed by atoms with E-state index in [1.807, 2.05) is 13.8 Å². The van der Waals surface area contributed by atoms with Crippen LogP contribution in [-0.4, -0.2) is 20.8 Å². The van der Waals surface area contributed by atoms with Gasteiger partial charge in [0.2, 0.25) is 0 Å². The van der Waals surface area contributed by atoms with Gasteiger partial charge < -0.3 is 5.73 Å². The lowest BCUT2D eigenvalue weighted by Crippen LogP contribution is -2.46. The summed E-state index contributed by atoms with van der Waals surface area (Å²) in [7, 11) is -0.760. The van der Waals surface area contributed by atoms with Gasteiger partial charge in [0.25, 0.3) is 0 Å². The van der Waals surface area contributed by atoms with Crippen molar-refractivity contribution in [3.63, 3.8) is 0 Å². The van der Waals surface area contributed by atoms with Crippen LogP contribution in [0.15, 0.2) is 0 Å². The van der Waals surface area contributed by atoms with E-state index in [9.17, 15) is 4.21 Å². The molecule has 14 heavy (non-hydrogen) atoms. The summed E-state index contributed by atoms with van der Waals surface area (Å²) in [5, 5.41) is 0.443. The summed E-state index contributed by atoms with van der Waals surface area (Å²) in [6, 6.07) is 0.145. The van der Waals surface area contributed by atoms with Crippen molar-refractivity contribution in [1.29, 1.82) is 0 Å². The summed E-state index contributed by atoms with van der Waals surface area (Å²) in [5.41, 5.74) is 6.37. The highest BCUT2D eigenvalue weighted by molar-refractivity contribution is 7.86. The van der Waals surface area contributed by atoms with E-state index in [-0.39, 0.29) is 16.5 Å². The van der Waals surface area contributed by atoms with Crippen molar-refractivity contribution < 1.29 is 4.21 Å². The Morgan fingerprint density at radius 2 is 2.00 bits per heavy atom. The predicted molar refractivity (Wildman–Crippen MR) is 62.7 cm³/mol. The predicted octanol–water partition coefficient (Wildman–Crippen LogP) is 2.05. The van der Waals surface area contributed by atoms with Gasteiger partial charge in [0.15, 0.2) is 0 Å². The summed E-state index contributed by atoms with van der Waals surface area (Å²) in [4.78, 5) is 0. The lowest BCUT2D eigenvalue weighted by molar-refractivity contribution is 0.229. The Kier molecular flexibility index (Phi) is 3.75. The SMILES string of the molecule is CC(C)S(=O)C1CC(C)(C)CCC1N. The molecule has 0 spiro atoms. The Balaban J connectivity index is 2.71. The highest BCUT2D eigenvalue weighted by Crippen LogP contribution is 2.37. The van der Waals surface area contributed by atoms with Gasteiger partial charge in [-0.1, -0.05) is 27.7 Å². The fraction of sp³-hybridized carbons (Fsp3) is 1.00. The Bertz CT molecular complexity index is 225. The first kappa shape index (κ1) is 12.2. The molecule has 1 fully saturated rings. The Morgan fingerprint density at radius 1 is 1.43 bits per heavy atom. The maximum absolute atomic E-state index is 12.0. The molecule has 2 N–H and O–H groups in total. The van der Waals surface area contributed by atoms with Gasteiger partial charge in [-0.05, 0) is 24.7 Å². The van der Waals surface area contributed by atoms with Crippen LogP contribution in [0.2, 0.25) is 0 Å². The van der Waals surface area contributed by atoms with E-state index >= 15 is 0 Å². The van der Waals surface area contributed by atoms with Crippen LogP contribution < -0.4 is 5.73 Å². The maximum Gasteiger partial charge on any atom is 0.0506 e. The van der Waals surface area contributed by atoms with Crippen LogP contribution in [0.1, 0.15) is 47.0 Å². The lowest BCUT2D eigenvalue weighted by atomic mass is 9.75. The molecule has 3 atom stereocenters. The molecule has 1 aliphatic carbocycles. The normalized spacial score (nSPS) is 34.4. The van der Waals surface area contributed by atoms with Crippen molar-refractivity contribution in [3.05, 3.63) is 0 Å². The average molecular weight is 217 g/mol. The van der Waals surface area contributed by atoms with Crippen LogP contribution in [0.25, 0.3) is 0 Å². The highest BCUT2D eigenvalue weighted by Gasteiger charge is 2.36. The molecule has 3 heteroatoms. The minimum Gasteiger partial charge on any atom is -0.327 e. The van der Waals surface area contributed by atoms with Crippen LogP contribution in [0, 0.1) is 5.41 Å². The molecule has 0 aromatic rings. The van der Waals surface area contributed by atoms with Gasteiger partial charge in [0, 0.05) is 22.1 Å². The fourth-order valence-electron chi connectivity index (χ4n) is 2.15. The third kappa shape index (κ3) is 2.80. The molecular formula is C11H23NOS. The summed E-state index contributed by atoms with van der Waals surface area (Å²) >= 11 is 0. The topological polar surface area (TPSA) is 43.1 Å². The van der Waals surface area contributed by atoms with E-state index in [1.54, 1.807) is 0 Å². The van der Waals surface area contributed by atoms with Crippen molar-refractivity contribution in [2.24, 2.45) is 11.1 Å². The van der Waals surface area contributed by atoms with E-state index in [1.165, 1.54) is 6.42 Å². The average Bonchev–Trinajstić information content (AvgIpc) is 2.08. The second-order valence-corrected chi connectivity index (χ2v) is 7.69. The van der Waals surface area contributed by atoms with Crippen LogP contribution in [0.5, 0.6) is 0 Å². The van der Waals surface area contributed by atoms with Crippen molar-refractivity contribution in [2.45, 2.75) is 63.5 Å². The second-order valence-electron chi connectivity index (χ2n) is 5.49. The molecule has 0 radical (unpaired) electrons. The molecule has 84 valence electrons. The molecule has 1 aliphatic rings. The molecule has 0 heterocycles. The minimum atomic E-state index is -0.760. The molecule has 0 amide bonds. The third-order valence-electron chi connectivity index (χ3n) is 3.15. The molecule has 0 aliphatic heterocycles. The molecule has 0 bridgehead atoms. The van der Waals surface area contributed by atoms with E-state index < -0.39 is 10.8 Å². The molecule has 1 saturated carbocycles. The third-order valence-corrected chi connectivity index (χ3v) is 5.19. The number of hydrogen-bond donors (Lipinski definition) is 1. The molecule has 3 unspecified atom stereocenters. The van der Waals surface area contributed by atoms with Gasteiger partial charge in [-0.3, -0.25) is 4.21 Å². The molecule has 0 saturated heterocycles. The second kappa shape index (κ2) is 4.31. The Labute approximate surface area is 90.1 Å². The quantitative estimate of drug-likeness (QED) is 0.769. The zero-order chi connectivity index (χ0) is 10.9. The zero-order valence-electron chi connectivity index (χ0n) is 9.75. The zero-order valence-corrected chi connectivity index (χ0v) is 10.6. The fourth-order valence-corrected chi connectivity index (χ4v) is 3.94. The largest absolute Gasteiger partial charge is 0.327 e. The van der Waals surface area contributed by atoms with E-state index in [2.05, 4.69) is 13.8 Å². The summed E-state index contributed by atoms with van der Waals surface area (Å²) in [6.45, 7) is 8.54. The van der Waals surface area contributed by atoms with Gasteiger partial charge in [0.05, 0.1) is 5.25 Å². The Hall–Kier alpha value is 0.110. The molecule has 0 aromatic carbocycles. The van der Waals surface area contributed by atoms with Crippen molar-refractivity contribution >= 4 is 10.8 Å². The van der Waals surface area contributed by atoms with Crippen LogP contribution in [0.4, 0.5) is 0 Å². The van der Waals surface area contributed by atoms with E-state index in [0.29, 0.717) is 5.41 Å². The van der Waals surface area contributed by atoms with E-state index in [4.69, 9.17) is 5.73 Å². The number of rotatable bonds is 2. The van der Waals surface area contributed by atoms with Crippen molar-refractivity contribution in [1.82, 2.24) is 0 Å². The molecule has 0 aromatic heterocycles. The Morgan fingerprint density at radius 3 is 2.50 bits per heavy atom. The van der Waals surface area contributed by atoms with Crippen LogP contribution in [0.3, 0.4) is 0 Å². The smallest absolute Gasteiger partial charge is 0.0506 e. The summed E-state index contributed by atoms with van der Waals surface area (Å²) in [6.07, 6.45) is 3.20. The molecular weight excluding hydrogens is 194 g/mol. The first-order valence-corrected chi connectivity index (χ1v) is 6.76. The first-order valence-electron chi connectivity index (χ1n) is 5.48. The van der Waals surface area contributed by atoms with Gasteiger partial charge in [-0.15, -0.1) is 0 Å². The van der Waals surface area contributed by atoms with Gasteiger partial charge >= 0.3 is 0 Å². The highest BCUT2D eigenvalue weighted by atomic mass is 32.2. The number of hydrogen-bond acceptors (Lipinski definition) is 2. The van der Waals surface area contributed by atoms with Gasteiger partial charge in [-0.2, -0.15) is 0 Å². The van der Waals surface area contributed by atoms with E-state index in [0.717, 1.165) is 12.8 Å². The molecule has 1 rings (SSSR count). The first-order chi connectivity index (χ1) is 6.33. The number of nitrogens with two attached hydrogens (primary N) is 1. The maximum atomic E-state index is 12.0. The summed E-state index contributed by atoms with van der Waals surface area (Å²) < 4.78 is 12.0. The van der Waals surface area contributed by atoms with Gasteiger partial charge in [0.1, 0.15) is 0 Å². The minimum absolute atomic E-state index is 0.145. The van der Waals surface area contributed by atoms with Gasteiger partial charge in [-0.25, -0.2) is 0 Å². The van der Waals surface area contributed by atoms with Crippen molar-refractivity contribution in [3.8, 4) is 0 Å².